The molecule has 0 saturated carbocycles. The van der Waals surface area contributed by atoms with Gasteiger partial charge >= 0.3 is 0 Å². The first kappa shape index (κ1) is 12.5. The van der Waals surface area contributed by atoms with Gasteiger partial charge in [0.2, 0.25) is 0 Å². The molecule has 1 saturated heterocycles. The maximum absolute atomic E-state index is 6.28. The summed E-state index contributed by atoms with van der Waals surface area (Å²) in [6, 6.07) is 8.25. The first-order chi connectivity index (χ1) is 7.88. The molecule has 2 heterocycles. The zero-order valence-electron chi connectivity index (χ0n) is 9.87. The van der Waals surface area contributed by atoms with Gasteiger partial charge in [0, 0.05) is 13.0 Å². The van der Waals surface area contributed by atoms with E-state index in [1.807, 2.05) is 6.07 Å². The number of ether oxygens (including phenoxy) is 1. The molecule has 3 rings (SSSR count). The maximum Gasteiger partial charge on any atom is 0.143 e. The number of para-hydroxylation sites is 2. The number of hydrogen-bond donors (Lipinski definition) is 2. The van der Waals surface area contributed by atoms with E-state index >= 15 is 0 Å². The van der Waals surface area contributed by atoms with Crippen molar-refractivity contribution in [1.82, 2.24) is 5.32 Å². The van der Waals surface area contributed by atoms with Gasteiger partial charge in [-0.25, -0.2) is 0 Å². The Morgan fingerprint density at radius 3 is 2.53 bits per heavy atom. The summed E-state index contributed by atoms with van der Waals surface area (Å²) in [5, 5.41) is 6.85. The Kier molecular flexibility index (Phi) is 3.79. The zero-order chi connectivity index (χ0) is 10.8. The molecule has 2 aliphatic rings. The molecule has 0 aliphatic carbocycles. The van der Waals surface area contributed by atoms with Crippen LogP contribution in [0.1, 0.15) is 19.3 Å². The lowest BCUT2D eigenvalue weighted by molar-refractivity contribution is 0.0356. The second-order valence-electron chi connectivity index (χ2n) is 4.71. The highest BCUT2D eigenvalue weighted by Crippen LogP contribution is 2.36. The van der Waals surface area contributed by atoms with Crippen LogP contribution in [0.5, 0.6) is 5.75 Å². The van der Waals surface area contributed by atoms with Crippen molar-refractivity contribution in [1.29, 1.82) is 0 Å². The van der Waals surface area contributed by atoms with Crippen LogP contribution in [0.2, 0.25) is 0 Å². The zero-order valence-corrected chi connectivity index (χ0v) is 10.7. The number of benzene rings is 1. The molecule has 4 heteroatoms. The number of halogens is 1. The fourth-order valence-electron chi connectivity index (χ4n) is 2.65. The topological polar surface area (TPSA) is 33.3 Å². The Balaban J connectivity index is 0.00000108. The molecular formula is C13H19ClN2O. The van der Waals surface area contributed by atoms with E-state index < -0.39 is 0 Å². The van der Waals surface area contributed by atoms with Crippen molar-refractivity contribution < 1.29 is 4.74 Å². The van der Waals surface area contributed by atoms with Gasteiger partial charge in [-0.15, -0.1) is 12.4 Å². The van der Waals surface area contributed by atoms with E-state index in [0.717, 1.165) is 50.3 Å². The third-order valence-corrected chi connectivity index (χ3v) is 3.62. The molecule has 0 unspecified atom stereocenters. The van der Waals surface area contributed by atoms with E-state index in [2.05, 4.69) is 28.8 Å². The van der Waals surface area contributed by atoms with E-state index in [9.17, 15) is 0 Å². The molecule has 0 bridgehead atoms. The van der Waals surface area contributed by atoms with E-state index in [4.69, 9.17) is 4.74 Å². The third kappa shape index (κ3) is 2.50. The molecule has 0 aromatic heterocycles. The van der Waals surface area contributed by atoms with E-state index in [1.54, 1.807) is 0 Å². The first-order valence-corrected chi connectivity index (χ1v) is 6.11. The van der Waals surface area contributed by atoms with Gasteiger partial charge in [0.25, 0.3) is 0 Å². The fraction of sp³-hybridized carbons (Fsp3) is 0.538. The molecule has 94 valence electrons. The monoisotopic (exact) mass is 254 g/mol. The summed E-state index contributed by atoms with van der Waals surface area (Å²) in [7, 11) is 0. The largest absolute Gasteiger partial charge is 0.485 e. The van der Waals surface area contributed by atoms with Gasteiger partial charge in [-0.05, 0) is 38.1 Å². The number of hydrogen-bond acceptors (Lipinski definition) is 3. The molecule has 3 nitrogen and oxygen atoms in total. The van der Waals surface area contributed by atoms with Crippen molar-refractivity contribution in [2.45, 2.75) is 24.9 Å². The summed E-state index contributed by atoms with van der Waals surface area (Å²) in [6.45, 7) is 3.15. The van der Waals surface area contributed by atoms with Crippen molar-refractivity contribution in [2.75, 3.05) is 25.0 Å². The maximum atomic E-state index is 6.28. The van der Waals surface area contributed by atoms with Crippen molar-refractivity contribution in [3.63, 3.8) is 0 Å². The van der Waals surface area contributed by atoms with Gasteiger partial charge in [-0.3, -0.25) is 0 Å². The second kappa shape index (κ2) is 5.15. The molecule has 1 aromatic rings. The third-order valence-electron chi connectivity index (χ3n) is 3.62. The van der Waals surface area contributed by atoms with Crippen LogP contribution < -0.4 is 15.4 Å². The lowest BCUT2D eigenvalue weighted by atomic mass is 9.89. The summed E-state index contributed by atoms with van der Waals surface area (Å²) in [5.74, 6) is 1.02. The summed E-state index contributed by atoms with van der Waals surface area (Å²) in [4.78, 5) is 0. The Hall–Kier alpha value is -0.930. The van der Waals surface area contributed by atoms with Crippen LogP contribution >= 0.6 is 12.4 Å². The molecule has 0 radical (unpaired) electrons. The number of nitrogens with one attached hydrogen (secondary N) is 2. The van der Waals surface area contributed by atoms with Crippen molar-refractivity contribution in [2.24, 2.45) is 0 Å². The molecule has 17 heavy (non-hydrogen) atoms. The first-order valence-electron chi connectivity index (χ1n) is 6.11. The summed E-state index contributed by atoms with van der Waals surface area (Å²) < 4.78 is 6.28. The summed E-state index contributed by atoms with van der Waals surface area (Å²) in [5.41, 5.74) is 1.20. The van der Waals surface area contributed by atoms with E-state index in [0.29, 0.717) is 0 Å². The lowest BCUT2D eigenvalue weighted by Gasteiger charge is -2.36. The number of piperidine rings is 1. The number of anilines is 1. The molecule has 1 fully saturated rings. The molecule has 2 N–H and O–H groups in total. The van der Waals surface area contributed by atoms with Crippen LogP contribution in [0.3, 0.4) is 0 Å². The van der Waals surface area contributed by atoms with Crippen LogP contribution in [-0.2, 0) is 0 Å². The Bertz CT molecular complexity index is 377. The number of fused-ring (bicyclic) bond motifs is 1. The van der Waals surface area contributed by atoms with Crippen molar-refractivity contribution in [3.8, 4) is 5.75 Å². The average molecular weight is 255 g/mol. The fourth-order valence-corrected chi connectivity index (χ4v) is 2.65. The summed E-state index contributed by atoms with van der Waals surface area (Å²) >= 11 is 0. The van der Waals surface area contributed by atoms with Gasteiger partial charge in [0.15, 0.2) is 0 Å². The second-order valence-corrected chi connectivity index (χ2v) is 4.71. The number of rotatable bonds is 0. The van der Waals surface area contributed by atoms with Gasteiger partial charge in [0.1, 0.15) is 11.4 Å². The highest BCUT2D eigenvalue weighted by Gasteiger charge is 2.35. The predicted octanol–water partition coefficient (Wildman–Crippen LogP) is 2.43. The molecule has 0 atom stereocenters. The Morgan fingerprint density at radius 1 is 1.00 bits per heavy atom. The smallest absolute Gasteiger partial charge is 0.143 e. The lowest BCUT2D eigenvalue weighted by Crippen LogP contribution is -2.46. The van der Waals surface area contributed by atoms with Crippen LogP contribution in [-0.4, -0.2) is 25.2 Å². The average Bonchev–Trinajstić information content (AvgIpc) is 2.49. The van der Waals surface area contributed by atoms with E-state index in [-0.39, 0.29) is 18.0 Å². The molecule has 1 aromatic carbocycles. The van der Waals surface area contributed by atoms with Crippen LogP contribution in [0.15, 0.2) is 24.3 Å². The van der Waals surface area contributed by atoms with Crippen molar-refractivity contribution in [3.05, 3.63) is 24.3 Å². The summed E-state index contributed by atoms with van der Waals surface area (Å²) in [6.07, 6.45) is 3.33. The highest BCUT2D eigenvalue weighted by molar-refractivity contribution is 5.85. The minimum atomic E-state index is 0. The van der Waals surface area contributed by atoms with Crippen LogP contribution in [0, 0.1) is 0 Å². The quantitative estimate of drug-likeness (QED) is 0.746. The van der Waals surface area contributed by atoms with Crippen LogP contribution in [0.4, 0.5) is 5.69 Å². The molecule has 0 amide bonds. The molecule has 2 aliphatic heterocycles. The standard InChI is InChI=1S/C13H18N2O.ClH/c1-2-4-12-11(3-1)15-10-7-13(16-12)5-8-14-9-6-13;/h1-4,14-15H,5-10H2;1H. The van der Waals surface area contributed by atoms with Gasteiger partial charge in [-0.1, -0.05) is 12.1 Å². The van der Waals surface area contributed by atoms with Crippen molar-refractivity contribution >= 4 is 18.1 Å². The van der Waals surface area contributed by atoms with Gasteiger partial charge in [0.05, 0.1) is 5.69 Å². The van der Waals surface area contributed by atoms with E-state index in [1.165, 1.54) is 0 Å². The predicted molar refractivity (Wildman–Crippen MR) is 72.3 cm³/mol. The van der Waals surface area contributed by atoms with Gasteiger partial charge < -0.3 is 15.4 Å². The SMILES string of the molecule is Cl.c1ccc2c(c1)NCCC1(CCNCC1)O2. The minimum Gasteiger partial charge on any atom is -0.485 e. The van der Waals surface area contributed by atoms with Gasteiger partial charge in [-0.2, -0.15) is 0 Å². The molecular weight excluding hydrogens is 236 g/mol. The highest BCUT2D eigenvalue weighted by atomic mass is 35.5. The molecule has 1 spiro atoms. The van der Waals surface area contributed by atoms with Crippen LogP contribution in [0.25, 0.3) is 0 Å². The minimum absolute atomic E-state index is 0. The Morgan fingerprint density at radius 2 is 1.71 bits per heavy atom. The normalized spacial score (nSPS) is 21.4. The Labute approximate surface area is 108 Å².